The van der Waals surface area contributed by atoms with E-state index < -0.39 is 0 Å². The smallest absolute Gasteiger partial charge is 0.242 e. The fourth-order valence-electron chi connectivity index (χ4n) is 2.97. The maximum atomic E-state index is 12.1. The van der Waals surface area contributed by atoms with Gasteiger partial charge in [0.1, 0.15) is 12.3 Å². The first-order valence-electron chi connectivity index (χ1n) is 9.81. The molecule has 0 heterocycles. The van der Waals surface area contributed by atoms with Gasteiger partial charge in [0.15, 0.2) is 5.96 Å². The quantitative estimate of drug-likeness (QED) is 0.354. The average Bonchev–Trinajstić information content (AvgIpc) is 2.71. The molecule has 0 spiro atoms. The number of allylic oxidation sites excluding steroid dienone is 1. The number of methoxy groups -OCH3 is 1. The Morgan fingerprint density at radius 3 is 2.63 bits per heavy atom. The van der Waals surface area contributed by atoms with E-state index in [0.717, 1.165) is 30.8 Å². The van der Waals surface area contributed by atoms with Crippen LogP contribution in [-0.4, -0.2) is 38.6 Å². The number of nitrogens with one attached hydrogen (secondary N) is 3. The van der Waals surface area contributed by atoms with E-state index in [1.165, 1.54) is 31.3 Å². The fraction of sp³-hybridized carbons (Fsp3) is 0.524. The molecule has 1 aliphatic rings. The number of ether oxygens (including phenoxy) is 1. The molecule has 1 aromatic rings. The molecule has 0 aromatic heterocycles. The molecule has 0 saturated carbocycles. The van der Waals surface area contributed by atoms with Gasteiger partial charge in [0.2, 0.25) is 5.91 Å². The maximum Gasteiger partial charge on any atom is 0.242 e. The molecule has 0 bridgehead atoms. The third kappa shape index (κ3) is 8.15. The van der Waals surface area contributed by atoms with Crippen LogP contribution < -0.4 is 20.7 Å². The second-order valence-electron chi connectivity index (χ2n) is 6.60. The molecule has 148 valence electrons. The Balaban J connectivity index is 1.73. The highest BCUT2D eigenvalue weighted by Gasteiger charge is 2.05. The molecule has 2 rings (SSSR count). The van der Waals surface area contributed by atoms with Crippen LogP contribution in [0.15, 0.2) is 40.9 Å². The number of amides is 1. The Hall–Kier alpha value is -2.50. The standard InChI is InChI=1S/C21H32N4O2/c1-3-22-21(23-14-13-17-7-5-4-6-8-17)25-16-20(26)24-15-18-9-11-19(27-2)12-10-18/h7,9-12H,3-6,8,13-16H2,1-2H3,(H,24,26)(H2,22,23,25). The largest absolute Gasteiger partial charge is 0.497 e. The van der Waals surface area contributed by atoms with Gasteiger partial charge in [-0.3, -0.25) is 4.79 Å². The molecule has 0 aliphatic heterocycles. The van der Waals surface area contributed by atoms with Crippen molar-refractivity contribution in [1.29, 1.82) is 0 Å². The molecule has 1 aliphatic carbocycles. The minimum absolute atomic E-state index is 0.0991. The molecule has 1 aromatic carbocycles. The second kappa shape index (κ2) is 12.0. The van der Waals surface area contributed by atoms with Crippen molar-refractivity contribution in [3.05, 3.63) is 41.5 Å². The Morgan fingerprint density at radius 1 is 1.15 bits per heavy atom. The summed E-state index contributed by atoms with van der Waals surface area (Å²) in [7, 11) is 1.64. The van der Waals surface area contributed by atoms with Crippen LogP contribution in [0.5, 0.6) is 5.75 Å². The van der Waals surface area contributed by atoms with E-state index in [1.807, 2.05) is 31.2 Å². The molecule has 0 radical (unpaired) electrons. The van der Waals surface area contributed by atoms with Crippen molar-refractivity contribution in [2.75, 3.05) is 26.7 Å². The van der Waals surface area contributed by atoms with E-state index in [2.05, 4.69) is 27.0 Å². The number of rotatable bonds is 9. The van der Waals surface area contributed by atoms with E-state index in [-0.39, 0.29) is 12.5 Å². The zero-order chi connectivity index (χ0) is 19.3. The first-order valence-corrected chi connectivity index (χ1v) is 9.81. The Bertz CT molecular complexity index is 638. The van der Waals surface area contributed by atoms with Crippen LogP contribution in [0.1, 0.15) is 44.6 Å². The molecule has 6 nitrogen and oxygen atoms in total. The fourth-order valence-corrected chi connectivity index (χ4v) is 2.97. The summed E-state index contributed by atoms with van der Waals surface area (Å²) in [5.74, 6) is 1.39. The minimum Gasteiger partial charge on any atom is -0.497 e. The predicted octanol–water partition coefficient (Wildman–Crippen LogP) is 2.76. The Morgan fingerprint density at radius 2 is 1.96 bits per heavy atom. The number of guanidine groups is 1. The molecular weight excluding hydrogens is 340 g/mol. The highest BCUT2D eigenvalue weighted by Crippen LogP contribution is 2.19. The monoisotopic (exact) mass is 372 g/mol. The van der Waals surface area contributed by atoms with Gasteiger partial charge in [-0.1, -0.05) is 23.8 Å². The van der Waals surface area contributed by atoms with Crippen LogP contribution >= 0.6 is 0 Å². The van der Waals surface area contributed by atoms with Crippen molar-refractivity contribution in [3.8, 4) is 5.75 Å². The first-order chi connectivity index (χ1) is 13.2. The lowest BCUT2D eigenvalue weighted by Gasteiger charge is -2.15. The van der Waals surface area contributed by atoms with Crippen LogP contribution in [0.25, 0.3) is 0 Å². The van der Waals surface area contributed by atoms with Gasteiger partial charge in [-0.05, 0) is 56.7 Å². The van der Waals surface area contributed by atoms with Gasteiger partial charge in [-0.15, -0.1) is 0 Å². The Labute approximate surface area is 162 Å². The summed E-state index contributed by atoms with van der Waals surface area (Å²) in [5, 5.41) is 9.39. The van der Waals surface area contributed by atoms with Crippen molar-refractivity contribution in [1.82, 2.24) is 16.0 Å². The molecular formula is C21H32N4O2. The van der Waals surface area contributed by atoms with Gasteiger partial charge in [-0.25, -0.2) is 4.99 Å². The van der Waals surface area contributed by atoms with Gasteiger partial charge in [0.05, 0.1) is 7.11 Å². The number of benzene rings is 1. The predicted molar refractivity (Wildman–Crippen MR) is 110 cm³/mol. The van der Waals surface area contributed by atoms with Gasteiger partial charge in [0, 0.05) is 19.6 Å². The summed E-state index contributed by atoms with van der Waals surface area (Å²) in [5.41, 5.74) is 2.56. The zero-order valence-electron chi connectivity index (χ0n) is 16.5. The normalized spacial score (nSPS) is 14.3. The topological polar surface area (TPSA) is 74.8 Å². The highest BCUT2D eigenvalue weighted by molar-refractivity contribution is 5.84. The van der Waals surface area contributed by atoms with E-state index >= 15 is 0 Å². The molecule has 0 saturated heterocycles. The summed E-state index contributed by atoms with van der Waals surface area (Å²) in [6.45, 7) is 4.21. The third-order valence-electron chi connectivity index (χ3n) is 4.50. The van der Waals surface area contributed by atoms with E-state index in [9.17, 15) is 4.79 Å². The molecule has 1 amide bonds. The van der Waals surface area contributed by atoms with Crippen molar-refractivity contribution in [2.24, 2.45) is 4.99 Å². The van der Waals surface area contributed by atoms with Crippen LogP contribution in [0.3, 0.4) is 0 Å². The number of aliphatic imine (C=N–C) groups is 1. The number of carbonyl (C=O) groups excluding carboxylic acids is 1. The number of carbonyl (C=O) groups is 1. The number of hydrogen-bond donors (Lipinski definition) is 3. The number of hydrogen-bond acceptors (Lipinski definition) is 3. The third-order valence-corrected chi connectivity index (χ3v) is 4.50. The lowest BCUT2D eigenvalue weighted by Crippen LogP contribution is -2.39. The van der Waals surface area contributed by atoms with E-state index in [0.29, 0.717) is 12.5 Å². The van der Waals surface area contributed by atoms with Gasteiger partial charge in [0.25, 0.3) is 0 Å². The first kappa shape index (κ1) is 20.8. The summed E-state index contributed by atoms with van der Waals surface area (Å²) >= 11 is 0. The van der Waals surface area contributed by atoms with Crippen LogP contribution in [-0.2, 0) is 11.3 Å². The molecule has 6 heteroatoms. The molecule has 3 N–H and O–H groups in total. The van der Waals surface area contributed by atoms with Gasteiger partial charge < -0.3 is 20.7 Å². The lowest BCUT2D eigenvalue weighted by molar-refractivity contribution is -0.119. The Kier molecular flexibility index (Phi) is 9.24. The second-order valence-corrected chi connectivity index (χ2v) is 6.60. The summed E-state index contributed by atoms with van der Waals surface area (Å²) in [6, 6.07) is 7.64. The summed E-state index contributed by atoms with van der Waals surface area (Å²) < 4.78 is 5.13. The molecule has 27 heavy (non-hydrogen) atoms. The van der Waals surface area contributed by atoms with E-state index in [4.69, 9.17) is 4.74 Å². The average molecular weight is 373 g/mol. The SMILES string of the molecule is CCNC(=NCC(=O)NCc1ccc(OC)cc1)NCCC1=CCCCC1. The van der Waals surface area contributed by atoms with Crippen molar-refractivity contribution in [2.45, 2.75) is 45.6 Å². The number of nitrogens with zero attached hydrogens (tertiary/aromatic N) is 1. The van der Waals surface area contributed by atoms with Gasteiger partial charge >= 0.3 is 0 Å². The van der Waals surface area contributed by atoms with Crippen molar-refractivity contribution >= 4 is 11.9 Å². The summed E-state index contributed by atoms with van der Waals surface area (Å²) in [4.78, 5) is 16.4. The highest BCUT2D eigenvalue weighted by atomic mass is 16.5. The van der Waals surface area contributed by atoms with Crippen LogP contribution in [0, 0.1) is 0 Å². The molecule has 0 unspecified atom stereocenters. The van der Waals surface area contributed by atoms with Crippen molar-refractivity contribution < 1.29 is 9.53 Å². The summed E-state index contributed by atoms with van der Waals surface area (Å²) in [6.07, 6.45) is 8.43. The molecule has 0 atom stereocenters. The maximum absolute atomic E-state index is 12.1. The lowest BCUT2D eigenvalue weighted by atomic mass is 9.97. The van der Waals surface area contributed by atoms with Crippen LogP contribution in [0.2, 0.25) is 0 Å². The molecule has 0 fully saturated rings. The van der Waals surface area contributed by atoms with E-state index in [1.54, 1.807) is 7.11 Å². The van der Waals surface area contributed by atoms with Crippen molar-refractivity contribution in [3.63, 3.8) is 0 Å². The zero-order valence-corrected chi connectivity index (χ0v) is 16.5. The minimum atomic E-state index is -0.0991. The van der Waals surface area contributed by atoms with Crippen LogP contribution in [0.4, 0.5) is 0 Å². The van der Waals surface area contributed by atoms with Gasteiger partial charge in [-0.2, -0.15) is 0 Å².